The van der Waals surface area contributed by atoms with E-state index in [-0.39, 0.29) is 11.8 Å². The van der Waals surface area contributed by atoms with E-state index in [9.17, 15) is 4.79 Å². The van der Waals surface area contributed by atoms with Gasteiger partial charge >= 0.3 is 0 Å². The van der Waals surface area contributed by atoms with Gasteiger partial charge in [0.25, 0.3) is 5.91 Å². The largest absolute Gasteiger partial charge is 0.379 e. The van der Waals surface area contributed by atoms with Gasteiger partial charge in [-0.15, -0.1) is 0 Å². The minimum absolute atomic E-state index is 0.103. The Morgan fingerprint density at radius 3 is 2.72 bits per heavy atom. The summed E-state index contributed by atoms with van der Waals surface area (Å²) in [6, 6.07) is 14.3. The van der Waals surface area contributed by atoms with Gasteiger partial charge in [-0.25, -0.2) is 0 Å². The Morgan fingerprint density at radius 2 is 1.81 bits per heavy atom. The first-order valence-corrected chi connectivity index (χ1v) is 11.4. The maximum absolute atomic E-state index is 13.6. The Balaban J connectivity index is 1.32. The first-order chi connectivity index (χ1) is 15.8. The lowest BCUT2D eigenvalue weighted by atomic mass is 9.96. The lowest BCUT2D eigenvalue weighted by molar-refractivity contribution is 0.0339. The first kappa shape index (κ1) is 21.1. The number of ether oxygens (including phenoxy) is 2. The Hall–Kier alpha value is -2.74. The first-order valence-electron chi connectivity index (χ1n) is 11.4. The summed E-state index contributed by atoms with van der Waals surface area (Å²) in [7, 11) is 0. The van der Waals surface area contributed by atoms with E-state index in [0.29, 0.717) is 26.3 Å². The van der Waals surface area contributed by atoms with E-state index in [1.165, 1.54) is 5.56 Å². The maximum Gasteiger partial charge on any atom is 0.254 e. The zero-order valence-electron chi connectivity index (χ0n) is 18.3. The number of rotatable bonds is 5. The van der Waals surface area contributed by atoms with Crippen LogP contribution in [0.2, 0.25) is 0 Å². The minimum Gasteiger partial charge on any atom is -0.379 e. The molecule has 0 unspecified atom stereocenters. The van der Waals surface area contributed by atoms with E-state index >= 15 is 0 Å². The Kier molecular flexibility index (Phi) is 6.48. The second kappa shape index (κ2) is 9.81. The van der Waals surface area contributed by atoms with Gasteiger partial charge in [0, 0.05) is 49.6 Å². The van der Waals surface area contributed by atoms with Gasteiger partial charge < -0.3 is 14.4 Å². The summed E-state index contributed by atoms with van der Waals surface area (Å²) in [5.74, 6) is 0.347. The molecule has 0 bridgehead atoms. The number of aromatic nitrogens is 2. The van der Waals surface area contributed by atoms with E-state index in [1.54, 1.807) is 0 Å². The van der Waals surface area contributed by atoms with Gasteiger partial charge in [-0.05, 0) is 29.7 Å². The molecule has 1 amide bonds. The fourth-order valence-corrected chi connectivity index (χ4v) is 4.74. The highest BCUT2D eigenvalue weighted by atomic mass is 16.5. The fourth-order valence-electron chi connectivity index (χ4n) is 4.74. The molecule has 2 fully saturated rings. The summed E-state index contributed by atoms with van der Waals surface area (Å²) < 4.78 is 11.4. The molecular weight excluding hydrogens is 404 g/mol. The molecule has 2 aliphatic heterocycles. The predicted octanol–water partition coefficient (Wildman–Crippen LogP) is 2.73. The Labute approximate surface area is 188 Å². The zero-order valence-corrected chi connectivity index (χ0v) is 18.3. The minimum atomic E-state index is 0.103. The highest BCUT2D eigenvalue weighted by Crippen LogP contribution is 2.23. The average Bonchev–Trinajstić information content (AvgIpc) is 3.20. The Morgan fingerprint density at radius 1 is 1.00 bits per heavy atom. The van der Waals surface area contributed by atoms with Gasteiger partial charge in [-0.3, -0.25) is 14.8 Å². The molecule has 2 aromatic carbocycles. The summed E-state index contributed by atoms with van der Waals surface area (Å²) in [6.07, 6.45) is 2.74. The number of carbonyl (C=O) groups excluding carboxylic acids is 1. The average molecular weight is 435 g/mol. The number of H-pyrrole nitrogens is 1. The fraction of sp³-hybridized carbons (Fsp3) is 0.440. The third-order valence-corrected chi connectivity index (χ3v) is 6.45. The number of hydrogen-bond donors (Lipinski definition) is 1. The van der Waals surface area contributed by atoms with E-state index in [4.69, 9.17) is 9.47 Å². The van der Waals surface area contributed by atoms with Crippen LogP contribution in [0, 0.1) is 5.92 Å². The second-order valence-corrected chi connectivity index (χ2v) is 8.69. The van der Waals surface area contributed by atoms with Crippen LogP contribution in [0.4, 0.5) is 0 Å². The van der Waals surface area contributed by atoms with Crippen LogP contribution in [-0.2, 0) is 22.4 Å². The van der Waals surface area contributed by atoms with Crippen LogP contribution >= 0.6 is 0 Å². The standard InChI is InChI=1S/C25H30N4O3/c30-25(22-6-2-1-4-21(22)17-28-8-11-31-12-9-28)29-10-13-32-18-19(16-29)14-20-5-3-7-24-23(20)15-26-27-24/h1-7,15,19H,8-14,16-18H2,(H,26,27)/t19-/m0/s1. The molecule has 1 aromatic heterocycles. The van der Waals surface area contributed by atoms with E-state index < -0.39 is 0 Å². The molecule has 5 rings (SSSR count). The molecule has 2 saturated heterocycles. The number of aromatic amines is 1. The summed E-state index contributed by atoms with van der Waals surface area (Å²) in [5, 5.41) is 8.37. The molecule has 7 heteroatoms. The van der Waals surface area contributed by atoms with Gasteiger partial charge in [0.1, 0.15) is 0 Å². The van der Waals surface area contributed by atoms with Crippen LogP contribution < -0.4 is 0 Å². The van der Waals surface area contributed by atoms with Crippen LogP contribution in [0.5, 0.6) is 0 Å². The van der Waals surface area contributed by atoms with Crippen LogP contribution in [-0.4, -0.2) is 78.5 Å². The topological polar surface area (TPSA) is 70.7 Å². The van der Waals surface area contributed by atoms with Crippen molar-refractivity contribution in [2.75, 3.05) is 52.6 Å². The van der Waals surface area contributed by atoms with Crippen LogP contribution in [0.15, 0.2) is 48.7 Å². The van der Waals surface area contributed by atoms with E-state index in [0.717, 1.165) is 61.3 Å². The molecule has 0 aliphatic carbocycles. The molecule has 0 saturated carbocycles. The van der Waals surface area contributed by atoms with Gasteiger partial charge in [0.15, 0.2) is 0 Å². The predicted molar refractivity (Wildman–Crippen MR) is 123 cm³/mol. The van der Waals surface area contributed by atoms with Crippen molar-refractivity contribution in [3.63, 3.8) is 0 Å². The molecule has 1 N–H and O–H groups in total. The molecule has 32 heavy (non-hydrogen) atoms. The van der Waals surface area contributed by atoms with Gasteiger partial charge in [0.05, 0.1) is 38.1 Å². The smallest absolute Gasteiger partial charge is 0.254 e. The van der Waals surface area contributed by atoms with Crippen molar-refractivity contribution in [2.24, 2.45) is 5.92 Å². The molecule has 3 heterocycles. The van der Waals surface area contributed by atoms with Crippen molar-refractivity contribution >= 4 is 16.8 Å². The van der Waals surface area contributed by atoms with Crippen molar-refractivity contribution in [1.29, 1.82) is 0 Å². The molecule has 0 spiro atoms. The quantitative estimate of drug-likeness (QED) is 0.669. The summed E-state index contributed by atoms with van der Waals surface area (Å²) >= 11 is 0. The van der Waals surface area contributed by atoms with Crippen molar-refractivity contribution in [3.8, 4) is 0 Å². The number of nitrogens with one attached hydrogen (secondary N) is 1. The third-order valence-electron chi connectivity index (χ3n) is 6.45. The Bertz CT molecular complexity index is 1060. The number of carbonyl (C=O) groups is 1. The maximum atomic E-state index is 13.6. The highest BCUT2D eigenvalue weighted by molar-refractivity contribution is 5.95. The molecular formula is C25H30N4O3. The molecule has 2 aliphatic rings. The highest BCUT2D eigenvalue weighted by Gasteiger charge is 2.26. The van der Waals surface area contributed by atoms with Gasteiger partial charge in [0.2, 0.25) is 0 Å². The van der Waals surface area contributed by atoms with Gasteiger partial charge in [-0.2, -0.15) is 5.10 Å². The lowest BCUT2D eigenvalue weighted by Gasteiger charge is -2.28. The number of fused-ring (bicyclic) bond motifs is 1. The number of morpholine rings is 1. The summed E-state index contributed by atoms with van der Waals surface area (Å²) in [5.41, 5.74) is 4.18. The summed E-state index contributed by atoms with van der Waals surface area (Å²) in [6.45, 7) is 6.65. The van der Waals surface area contributed by atoms with E-state index in [2.05, 4.69) is 33.3 Å². The van der Waals surface area contributed by atoms with Crippen LogP contribution in [0.1, 0.15) is 21.5 Å². The lowest BCUT2D eigenvalue weighted by Crippen LogP contribution is -2.38. The van der Waals surface area contributed by atoms with Crippen molar-refractivity contribution in [3.05, 3.63) is 65.4 Å². The molecule has 1 atom stereocenters. The molecule has 3 aromatic rings. The van der Waals surface area contributed by atoms with E-state index in [1.807, 2.05) is 35.4 Å². The van der Waals surface area contributed by atoms with Crippen molar-refractivity contribution in [1.82, 2.24) is 20.0 Å². The normalized spacial score (nSPS) is 20.4. The number of hydrogen-bond acceptors (Lipinski definition) is 5. The number of amides is 1. The SMILES string of the molecule is O=C(c1ccccc1CN1CCOCC1)N1CCOC[C@@H](Cc2cccc3[nH]ncc23)C1. The molecule has 0 radical (unpaired) electrons. The van der Waals surface area contributed by atoms with Crippen molar-refractivity contribution < 1.29 is 14.3 Å². The number of nitrogens with zero attached hydrogens (tertiary/aromatic N) is 3. The second-order valence-electron chi connectivity index (χ2n) is 8.69. The number of benzene rings is 2. The van der Waals surface area contributed by atoms with Crippen molar-refractivity contribution in [2.45, 2.75) is 13.0 Å². The summed E-state index contributed by atoms with van der Waals surface area (Å²) in [4.78, 5) is 17.9. The van der Waals surface area contributed by atoms with Gasteiger partial charge in [-0.1, -0.05) is 30.3 Å². The molecule has 7 nitrogen and oxygen atoms in total. The van der Waals surface area contributed by atoms with Crippen LogP contribution in [0.3, 0.4) is 0 Å². The third kappa shape index (κ3) is 4.70. The zero-order chi connectivity index (χ0) is 21.8. The molecule has 168 valence electrons. The van der Waals surface area contributed by atoms with Crippen LogP contribution in [0.25, 0.3) is 10.9 Å². The monoisotopic (exact) mass is 434 g/mol.